The fraction of sp³-hybridized carbons (Fsp3) is 0.292. The first kappa shape index (κ1) is 19.9. The summed E-state index contributed by atoms with van der Waals surface area (Å²) in [5.74, 6) is 0.913. The van der Waals surface area contributed by atoms with Gasteiger partial charge in [0.1, 0.15) is 0 Å². The number of hydrogen-bond acceptors (Lipinski definition) is 4. The van der Waals surface area contributed by atoms with Gasteiger partial charge in [0.2, 0.25) is 5.91 Å². The van der Waals surface area contributed by atoms with Crippen molar-refractivity contribution < 1.29 is 14.1 Å². The summed E-state index contributed by atoms with van der Waals surface area (Å²) in [6, 6.07) is 16.9. The SMILES string of the molecule is CC(C)CCN1C(=O)CCc2cc(NC(=O)c3cc(-c4ccccc4)on3)ccc21. The zero-order chi connectivity index (χ0) is 21.1. The second-order valence-corrected chi connectivity index (χ2v) is 7.97. The van der Waals surface area contributed by atoms with Crippen LogP contribution in [0, 0.1) is 5.92 Å². The van der Waals surface area contributed by atoms with Crippen LogP contribution >= 0.6 is 0 Å². The third-order valence-electron chi connectivity index (χ3n) is 5.27. The number of nitrogens with one attached hydrogen (secondary N) is 1. The van der Waals surface area contributed by atoms with Gasteiger partial charge in [-0.2, -0.15) is 0 Å². The van der Waals surface area contributed by atoms with Crippen LogP contribution in [0.3, 0.4) is 0 Å². The highest BCUT2D eigenvalue weighted by Crippen LogP contribution is 2.31. The van der Waals surface area contributed by atoms with E-state index in [0.29, 0.717) is 30.2 Å². The first-order valence-corrected chi connectivity index (χ1v) is 10.3. The molecule has 0 bridgehead atoms. The lowest BCUT2D eigenvalue weighted by molar-refractivity contribution is -0.118. The van der Waals surface area contributed by atoms with Crippen molar-refractivity contribution >= 4 is 23.2 Å². The number of aryl methyl sites for hydroxylation is 1. The molecule has 0 saturated heterocycles. The molecular weight excluding hydrogens is 378 g/mol. The molecule has 0 saturated carbocycles. The summed E-state index contributed by atoms with van der Waals surface area (Å²) >= 11 is 0. The average Bonchev–Trinajstić information content (AvgIpc) is 3.24. The van der Waals surface area contributed by atoms with Crippen molar-refractivity contribution in [3.63, 3.8) is 0 Å². The van der Waals surface area contributed by atoms with Crippen LogP contribution in [0.2, 0.25) is 0 Å². The van der Waals surface area contributed by atoms with E-state index in [1.54, 1.807) is 6.07 Å². The maximum Gasteiger partial charge on any atom is 0.277 e. The van der Waals surface area contributed by atoms with Crippen LogP contribution in [-0.2, 0) is 11.2 Å². The van der Waals surface area contributed by atoms with Gasteiger partial charge in [0.05, 0.1) is 0 Å². The molecule has 6 nitrogen and oxygen atoms in total. The largest absolute Gasteiger partial charge is 0.355 e. The predicted molar refractivity (Wildman–Crippen MR) is 116 cm³/mol. The summed E-state index contributed by atoms with van der Waals surface area (Å²) in [6.07, 6.45) is 2.13. The molecule has 2 amide bonds. The third kappa shape index (κ3) is 4.27. The monoisotopic (exact) mass is 403 g/mol. The summed E-state index contributed by atoms with van der Waals surface area (Å²) < 4.78 is 5.32. The van der Waals surface area contributed by atoms with Crippen molar-refractivity contribution in [2.75, 3.05) is 16.8 Å². The number of fused-ring (bicyclic) bond motifs is 1. The van der Waals surface area contributed by atoms with Crippen LogP contribution in [0.5, 0.6) is 0 Å². The number of carbonyl (C=O) groups excluding carboxylic acids is 2. The number of nitrogens with zero attached hydrogens (tertiary/aromatic N) is 2. The van der Waals surface area contributed by atoms with E-state index >= 15 is 0 Å². The third-order valence-corrected chi connectivity index (χ3v) is 5.27. The number of rotatable bonds is 6. The number of benzene rings is 2. The number of hydrogen-bond donors (Lipinski definition) is 1. The normalized spacial score (nSPS) is 13.4. The molecule has 0 atom stereocenters. The first-order valence-electron chi connectivity index (χ1n) is 10.3. The zero-order valence-corrected chi connectivity index (χ0v) is 17.2. The maximum atomic E-state index is 12.6. The Morgan fingerprint density at radius 2 is 1.93 bits per heavy atom. The molecule has 4 rings (SSSR count). The predicted octanol–water partition coefficient (Wildman–Crippen LogP) is 4.92. The molecule has 1 aliphatic heterocycles. The molecule has 0 unspecified atom stereocenters. The van der Waals surface area contributed by atoms with Crippen molar-refractivity contribution in [1.82, 2.24) is 5.16 Å². The Kier molecular flexibility index (Phi) is 5.65. The molecular formula is C24H25N3O3. The Labute approximate surface area is 175 Å². The number of aromatic nitrogens is 1. The van der Waals surface area contributed by atoms with Gasteiger partial charge in [0.15, 0.2) is 11.5 Å². The van der Waals surface area contributed by atoms with E-state index in [-0.39, 0.29) is 17.5 Å². The van der Waals surface area contributed by atoms with E-state index in [0.717, 1.165) is 29.8 Å². The van der Waals surface area contributed by atoms with Crippen molar-refractivity contribution in [1.29, 1.82) is 0 Å². The van der Waals surface area contributed by atoms with E-state index in [9.17, 15) is 9.59 Å². The zero-order valence-electron chi connectivity index (χ0n) is 17.2. The molecule has 0 spiro atoms. The van der Waals surface area contributed by atoms with Crippen molar-refractivity contribution in [3.05, 3.63) is 65.9 Å². The minimum atomic E-state index is -0.329. The number of anilines is 2. The van der Waals surface area contributed by atoms with Gasteiger partial charge < -0.3 is 14.7 Å². The lowest BCUT2D eigenvalue weighted by atomic mass is 9.99. The summed E-state index contributed by atoms with van der Waals surface area (Å²) in [7, 11) is 0. The summed E-state index contributed by atoms with van der Waals surface area (Å²) in [6.45, 7) is 5.03. The Hall–Kier alpha value is -3.41. The molecule has 6 heteroatoms. The van der Waals surface area contributed by atoms with Crippen LogP contribution in [0.25, 0.3) is 11.3 Å². The van der Waals surface area contributed by atoms with Crippen LogP contribution in [0.1, 0.15) is 42.7 Å². The Bertz CT molecular complexity index is 1060. The quantitative estimate of drug-likeness (QED) is 0.634. The molecule has 0 fully saturated rings. The van der Waals surface area contributed by atoms with Gasteiger partial charge in [-0.25, -0.2) is 0 Å². The van der Waals surface area contributed by atoms with Gasteiger partial charge in [-0.3, -0.25) is 9.59 Å². The molecule has 2 aromatic carbocycles. The van der Waals surface area contributed by atoms with Crippen molar-refractivity contribution in [3.8, 4) is 11.3 Å². The summed E-state index contributed by atoms with van der Waals surface area (Å²) in [5, 5.41) is 6.78. The molecule has 1 N–H and O–H groups in total. The summed E-state index contributed by atoms with van der Waals surface area (Å²) in [4.78, 5) is 26.9. The highest BCUT2D eigenvalue weighted by atomic mass is 16.5. The second kappa shape index (κ2) is 8.53. The van der Waals surface area contributed by atoms with Crippen LogP contribution in [-0.4, -0.2) is 23.5 Å². The van der Waals surface area contributed by atoms with Crippen molar-refractivity contribution in [2.45, 2.75) is 33.1 Å². The number of carbonyl (C=O) groups is 2. The average molecular weight is 403 g/mol. The second-order valence-electron chi connectivity index (χ2n) is 7.97. The Morgan fingerprint density at radius 3 is 2.70 bits per heavy atom. The fourth-order valence-electron chi connectivity index (χ4n) is 3.59. The molecule has 1 aromatic heterocycles. The van der Waals surface area contributed by atoms with Crippen LogP contribution < -0.4 is 10.2 Å². The Balaban J connectivity index is 1.49. The topological polar surface area (TPSA) is 75.4 Å². The van der Waals surface area contributed by atoms with Gasteiger partial charge in [-0.1, -0.05) is 49.3 Å². The molecule has 30 heavy (non-hydrogen) atoms. The van der Waals surface area contributed by atoms with Crippen LogP contribution in [0.15, 0.2) is 59.1 Å². The van der Waals surface area contributed by atoms with E-state index in [2.05, 4.69) is 24.3 Å². The van der Waals surface area contributed by atoms with Crippen LogP contribution in [0.4, 0.5) is 11.4 Å². The van der Waals surface area contributed by atoms with E-state index in [1.165, 1.54) is 0 Å². The highest BCUT2D eigenvalue weighted by molar-refractivity contribution is 6.04. The van der Waals surface area contributed by atoms with Gasteiger partial charge in [-0.15, -0.1) is 0 Å². The smallest absolute Gasteiger partial charge is 0.277 e. The minimum Gasteiger partial charge on any atom is -0.355 e. The first-order chi connectivity index (χ1) is 14.5. The van der Waals surface area contributed by atoms with E-state index in [4.69, 9.17) is 4.52 Å². The maximum absolute atomic E-state index is 12.6. The molecule has 2 heterocycles. The molecule has 0 radical (unpaired) electrons. The van der Waals surface area contributed by atoms with E-state index in [1.807, 2.05) is 53.4 Å². The fourth-order valence-corrected chi connectivity index (χ4v) is 3.59. The molecule has 0 aliphatic carbocycles. The Morgan fingerprint density at radius 1 is 1.13 bits per heavy atom. The standard InChI is InChI=1S/C24H25N3O3/c1-16(2)12-13-27-21-10-9-19(14-18(21)8-11-23(27)28)25-24(29)20-15-22(30-26-20)17-6-4-3-5-7-17/h3-7,9-10,14-16H,8,11-13H2,1-2H3,(H,25,29). The van der Waals surface area contributed by atoms with Gasteiger partial charge >= 0.3 is 0 Å². The highest BCUT2D eigenvalue weighted by Gasteiger charge is 2.24. The van der Waals surface area contributed by atoms with Gasteiger partial charge in [0, 0.05) is 36.0 Å². The molecule has 154 valence electrons. The molecule has 1 aliphatic rings. The number of amides is 2. The lowest BCUT2D eigenvalue weighted by Crippen LogP contribution is -2.36. The molecule has 3 aromatic rings. The van der Waals surface area contributed by atoms with Gasteiger partial charge in [0.25, 0.3) is 5.91 Å². The van der Waals surface area contributed by atoms with Gasteiger partial charge in [-0.05, 0) is 42.5 Å². The lowest BCUT2D eigenvalue weighted by Gasteiger charge is -2.30. The minimum absolute atomic E-state index is 0.163. The van der Waals surface area contributed by atoms with Crippen molar-refractivity contribution in [2.24, 2.45) is 5.92 Å². The van der Waals surface area contributed by atoms with E-state index < -0.39 is 0 Å². The summed E-state index contributed by atoms with van der Waals surface area (Å²) in [5.41, 5.74) is 3.78.